The Labute approximate surface area is 133 Å². The second-order valence-corrected chi connectivity index (χ2v) is 5.47. The molecule has 2 saturated heterocycles. The lowest BCUT2D eigenvalue weighted by Gasteiger charge is -2.36. The van der Waals surface area contributed by atoms with Crippen LogP contribution in [0.25, 0.3) is 0 Å². The summed E-state index contributed by atoms with van der Waals surface area (Å²) in [7, 11) is 0. The number of aromatic nitrogens is 2. The van der Waals surface area contributed by atoms with Crippen molar-refractivity contribution in [3.8, 4) is 0 Å². The molecule has 4 amide bonds. The normalized spacial score (nSPS) is 22.2. The van der Waals surface area contributed by atoms with Gasteiger partial charge in [-0.1, -0.05) is 0 Å². The van der Waals surface area contributed by atoms with Crippen LogP contribution in [0, 0.1) is 0 Å². The third-order valence-corrected chi connectivity index (χ3v) is 3.94. The number of carbonyl (C=O) groups is 3. The minimum atomic E-state index is -0.652. The van der Waals surface area contributed by atoms with Gasteiger partial charge in [-0.05, 0) is 12.5 Å². The van der Waals surface area contributed by atoms with Crippen molar-refractivity contribution in [1.82, 2.24) is 25.5 Å². The van der Waals surface area contributed by atoms with Gasteiger partial charge in [0.15, 0.2) is 0 Å². The molecular weight excluding hydrogens is 300 g/mol. The molecule has 0 aliphatic carbocycles. The third kappa shape index (κ3) is 3.55. The van der Waals surface area contributed by atoms with E-state index in [0.29, 0.717) is 38.5 Å². The van der Waals surface area contributed by atoms with Gasteiger partial charge < -0.3 is 15.1 Å². The molecule has 0 bridgehead atoms. The fourth-order valence-electron chi connectivity index (χ4n) is 2.72. The molecule has 1 aromatic rings. The molecule has 0 radical (unpaired) electrons. The van der Waals surface area contributed by atoms with Gasteiger partial charge in [0.1, 0.15) is 6.04 Å². The Morgan fingerprint density at radius 2 is 1.83 bits per heavy atom. The molecule has 9 nitrogen and oxygen atoms in total. The van der Waals surface area contributed by atoms with Crippen LogP contribution < -0.4 is 15.5 Å². The first kappa shape index (κ1) is 15.2. The summed E-state index contributed by atoms with van der Waals surface area (Å²) in [6.45, 7) is 2.33. The van der Waals surface area contributed by atoms with Crippen LogP contribution in [-0.2, 0) is 9.59 Å². The second-order valence-electron chi connectivity index (χ2n) is 5.47. The number of urea groups is 1. The van der Waals surface area contributed by atoms with Crippen LogP contribution >= 0.6 is 0 Å². The highest BCUT2D eigenvalue weighted by atomic mass is 16.2. The highest BCUT2D eigenvalue weighted by Gasteiger charge is 2.31. The van der Waals surface area contributed by atoms with Gasteiger partial charge in [0.05, 0.1) is 0 Å². The van der Waals surface area contributed by atoms with E-state index in [0.717, 1.165) is 0 Å². The highest BCUT2D eigenvalue weighted by molar-refractivity contribution is 5.98. The van der Waals surface area contributed by atoms with Gasteiger partial charge in [-0.3, -0.25) is 14.9 Å². The summed E-state index contributed by atoms with van der Waals surface area (Å²) in [5.41, 5.74) is 0. The van der Waals surface area contributed by atoms with E-state index in [-0.39, 0.29) is 18.2 Å². The number of hydrogen-bond donors (Lipinski definition) is 2. The maximum Gasteiger partial charge on any atom is 0.322 e. The van der Waals surface area contributed by atoms with Gasteiger partial charge in [-0.25, -0.2) is 14.8 Å². The number of hydrogen-bond acceptors (Lipinski definition) is 6. The number of rotatable bonds is 2. The maximum atomic E-state index is 12.5. The van der Waals surface area contributed by atoms with Crippen molar-refractivity contribution in [1.29, 1.82) is 0 Å². The zero-order chi connectivity index (χ0) is 16.2. The predicted octanol–water partition coefficient (Wildman–Crippen LogP) is -0.887. The Morgan fingerprint density at radius 3 is 2.52 bits per heavy atom. The van der Waals surface area contributed by atoms with Crippen LogP contribution in [0.3, 0.4) is 0 Å². The molecule has 0 unspecified atom stereocenters. The van der Waals surface area contributed by atoms with Gasteiger partial charge in [0.25, 0.3) is 0 Å². The lowest BCUT2D eigenvalue weighted by molar-refractivity contribution is -0.133. The highest BCUT2D eigenvalue weighted by Crippen LogP contribution is 2.12. The predicted molar refractivity (Wildman–Crippen MR) is 80.5 cm³/mol. The second kappa shape index (κ2) is 6.59. The topological polar surface area (TPSA) is 108 Å². The molecule has 1 atom stereocenters. The van der Waals surface area contributed by atoms with E-state index in [1.54, 1.807) is 23.4 Å². The van der Waals surface area contributed by atoms with Crippen molar-refractivity contribution in [2.75, 3.05) is 31.1 Å². The Bertz CT molecular complexity index is 600. The number of piperazine rings is 1. The van der Waals surface area contributed by atoms with Crippen LogP contribution in [0.4, 0.5) is 10.7 Å². The molecule has 9 heteroatoms. The number of amides is 4. The van der Waals surface area contributed by atoms with E-state index >= 15 is 0 Å². The number of carbonyl (C=O) groups excluding carboxylic acids is 3. The fraction of sp³-hybridized carbons (Fsp3) is 0.500. The summed E-state index contributed by atoms with van der Waals surface area (Å²) >= 11 is 0. The molecule has 1 aromatic heterocycles. The average molecular weight is 318 g/mol. The monoisotopic (exact) mass is 318 g/mol. The summed E-state index contributed by atoms with van der Waals surface area (Å²) in [6, 6.07) is 0.496. The van der Waals surface area contributed by atoms with Gasteiger partial charge >= 0.3 is 6.03 Å². The van der Waals surface area contributed by atoms with Gasteiger partial charge in [-0.15, -0.1) is 0 Å². The molecule has 2 aliphatic rings. The lowest BCUT2D eigenvalue weighted by Crippen LogP contribution is -2.55. The van der Waals surface area contributed by atoms with Crippen molar-refractivity contribution >= 4 is 23.8 Å². The van der Waals surface area contributed by atoms with E-state index in [9.17, 15) is 14.4 Å². The first-order chi connectivity index (χ1) is 11.1. The summed E-state index contributed by atoms with van der Waals surface area (Å²) in [5.74, 6) is 0.143. The van der Waals surface area contributed by atoms with E-state index in [2.05, 4.69) is 20.6 Å². The van der Waals surface area contributed by atoms with Crippen molar-refractivity contribution in [3.63, 3.8) is 0 Å². The first-order valence-corrected chi connectivity index (χ1v) is 7.54. The fourth-order valence-corrected chi connectivity index (χ4v) is 2.72. The average Bonchev–Trinajstić information content (AvgIpc) is 2.75. The van der Waals surface area contributed by atoms with Crippen molar-refractivity contribution in [2.45, 2.75) is 18.9 Å². The largest absolute Gasteiger partial charge is 0.337 e. The molecule has 3 rings (SSSR count). The first-order valence-electron chi connectivity index (χ1n) is 7.54. The minimum absolute atomic E-state index is 0.150. The Morgan fingerprint density at radius 1 is 1.13 bits per heavy atom. The molecule has 2 aliphatic heterocycles. The summed E-state index contributed by atoms with van der Waals surface area (Å²) < 4.78 is 0. The summed E-state index contributed by atoms with van der Waals surface area (Å²) in [5, 5.41) is 4.72. The number of nitrogens with one attached hydrogen (secondary N) is 2. The molecular formula is C14H18N6O3. The zero-order valence-electron chi connectivity index (χ0n) is 12.6. The molecule has 23 heavy (non-hydrogen) atoms. The molecule has 2 N–H and O–H groups in total. The number of anilines is 1. The van der Waals surface area contributed by atoms with Crippen LogP contribution in [0.2, 0.25) is 0 Å². The smallest absolute Gasteiger partial charge is 0.322 e. The SMILES string of the molecule is O=C1CC[C@@H](C(=O)N2CCN(c3ncccn3)CC2)NC(=O)N1. The van der Waals surface area contributed by atoms with E-state index < -0.39 is 12.1 Å². The Hall–Kier alpha value is -2.71. The van der Waals surface area contributed by atoms with Crippen molar-refractivity contribution in [3.05, 3.63) is 18.5 Å². The van der Waals surface area contributed by atoms with Crippen LogP contribution in [0.1, 0.15) is 12.8 Å². The zero-order valence-corrected chi connectivity index (χ0v) is 12.6. The molecule has 0 spiro atoms. The molecule has 3 heterocycles. The summed E-state index contributed by atoms with van der Waals surface area (Å²) in [6.07, 6.45) is 3.85. The number of nitrogens with zero attached hydrogens (tertiary/aromatic N) is 4. The molecule has 0 saturated carbocycles. The molecule has 2 fully saturated rings. The van der Waals surface area contributed by atoms with Gasteiger partial charge in [-0.2, -0.15) is 0 Å². The third-order valence-electron chi connectivity index (χ3n) is 3.94. The van der Waals surface area contributed by atoms with E-state index in [1.165, 1.54) is 0 Å². The van der Waals surface area contributed by atoms with Crippen LogP contribution in [-0.4, -0.2) is 64.9 Å². The van der Waals surface area contributed by atoms with E-state index in [1.807, 2.05) is 4.90 Å². The Kier molecular flexibility index (Phi) is 4.35. The van der Waals surface area contributed by atoms with Crippen LogP contribution in [0.15, 0.2) is 18.5 Å². The van der Waals surface area contributed by atoms with E-state index in [4.69, 9.17) is 0 Å². The molecule has 0 aromatic carbocycles. The molecule has 122 valence electrons. The van der Waals surface area contributed by atoms with Gasteiger partial charge in [0, 0.05) is 45.0 Å². The van der Waals surface area contributed by atoms with Crippen LogP contribution in [0.5, 0.6) is 0 Å². The van der Waals surface area contributed by atoms with Gasteiger partial charge in [0.2, 0.25) is 17.8 Å². The maximum absolute atomic E-state index is 12.5. The quantitative estimate of drug-likeness (QED) is 0.733. The minimum Gasteiger partial charge on any atom is -0.337 e. The standard InChI is InChI=1S/C14H18N6O3/c21-11-3-2-10(17-14(23)18-11)12(22)19-6-8-20(9-7-19)13-15-4-1-5-16-13/h1,4-5,10H,2-3,6-9H2,(H2,17,18,21,23)/t10-/m0/s1. The lowest BCUT2D eigenvalue weighted by atomic mass is 10.1. The summed E-state index contributed by atoms with van der Waals surface area (Å²) in [4.78, 5) is 47.5. The van der Waals surface area contributed by atoms with Crippen molar-refractivity contribution < 1.29 is 14.4 Å². The van der Waals surface area contributed by atoms with Crippen molar-refractivity contribution in [2.24, 2.45) is 0 Å². The Balaban J connectivity index is 1.57. The number of imide groups is 1.